The summed E-state index contributed by atoms with van der Waals surface area (Å²) in [6, 6.07) is 2.90. The molecule has 5 heteroatoms. The second-order valence-electron chi connectivity index (χ2n) is 5.29. The topological polar surface area (TPSA) is 21.1 Å². The van der Waals surface area contributed by atoms with Crippen LogP contribution in [0.3, 0.4) is 0 Å². The molecule has 1 aliphatic heterocycles. The minimum atomic E-state index is 0.748. The molecular weight excluding hydrogens is 274 g/mol. The molecule has 108 valence electrons. The van der Waals surface area contributed by atoms with Gasteiger partial charge in [0.1, 0.15) is 0 Å². The Kier molecular flexibility index (Phi) is 6.10. The van der Waals surface area contributed by atoms with Crippen LogP contribution in [-0.2, 0) is 6.54 Å². The molecule has 1 saturated heterocycles. The predicted molar refractivity (Wildman–Crippen MR) is 87.4 cm³/mol. The van der Waals surface area contributed by atoms with Crippen LogP contribution < -0.4 is 0 Å². The predicted octanol–water partition coefficient (Wildman–Crippen LogP) is 2.67. The number of hydrogen-bond donors (Lipinski definition) is 0. The van der Waals surface area contributed by atoms with Crippen LogP contribution in [0.2, 0.25) is 0 Å². The Morgan fingerprint density at radius 1 is 1.32 bits per heavy atom. The molecule has 1 aromatic heterocycles. The summed E-state index contributed by atoms with van der Waals surface area (Å²) in [5, 5.41) is 4.52. The van der Waals surface area contributed by atoms with Gasteiger partial charge >= 0.3 is 0 Å². The molecule has 1 aliphatic rings. The summed E-state index contributed by atoms with van der Waals surface area (Å²) < 4.78 is 2.14. The molecule has 0 aromatic carbocycles. The lowest BCUT2D eigenvalue weighted by Crippen LogP contribution is -2.36. The second kappa shape index (κ2) is 7.60. The van der Waals surface area contributed by atoms with Crippen molar-refractivity contribution in [3.05, 3.63) is 17.5 Å². The fourth-order valence-corrected chi connectivity index (χ4v) is 5.13. The van der Waals surface area contributed by atoms with Gasteiger partial charge in [-0.3, -0.25) is 4.68 Å². The molecule has 0 amide bonds. The van der Waals surface area contributed by atoms with Gasteiger partial charge in [-0.25, -0.2) is 0 Å². The third-order valence-electron chi connectivity index (χ3n) is 3.60. The van der Waals surface area contributed by atoms with E-state index in [0.29, 0.717) is 0 Å². The van der Waals surface area contributed by atoms with E-state index in [-0.39, 0.29) is 0 Å². The number of hydrogen-bond acceptors (Lipinski definition) is 4. The Balaban J connectivity index is 1.73. The van der Waals surface area contributed by atoms with Crippen LogP contribution in [-0.4, -0.2) is 57.3 Å². The lowest BCUT2D eigenvalue weighted by atomic mass is 10.3. The Bertz CT molecular complexity index is 384. The molecular formula is C14H25N3S2. The van der Waals surface area contributed by atoms with E-state index < -0.39 is 0 Å². The summed E-state index contributed by atoms with van der Waals surface area (Å²) in [6.07, 6.45) is 1.18. The molecule has 2 rings (SSSR count). The molecule has 3 nitrogen and oxygen atoms in total. The summed E-state index contributed by atoms with van der Waals surface area (Å²) in [4.78, 5) is 2.54. The minimum Gasteiger partial charge on any atom is -0.302 e. The van der Waals surface area contributed by atoms with Crippen LogP contribution >= 0.6 is 23.5 Å². The number of rotatable bonds is 5. The molecule has 2 heterocycles. The van der Waals surface area contributed by atoms with E-state index in [0.717, 1.165) is 18.3 Å². The monoisotopic (exact) mass is 299 g/mol. The Morgan fingerprint density at radius 2 is 2.00 bits per heavy atom. The first-order valence-electron chi connectivity index (χ1n) is 7.03. The van der Waals surface area contributed by atoms with Crippen LogP contribution in [0.1, 0.15) is 17.8 Å². The zero-order chi connectivity index (χ0) is 13.7. The number of aryl methyl sites for hydroxylation is 3. The summed E-state index contributed by atoms with van der Waals surface area (Å²) in [5.41, 5.74) is 2.41. The fourth-order valence-electron chi connectivity index (χ4n) is 2.41. The maximum atomic E-state index is 4.52. The lowest BCUT2D eigenvalue weighted by Gasteiger charge is -2.26. The van der Waals surface area contributed by atoms with Crippen molar-refractivity contribution in [3.8, 4) is 0 Å². The average molecular weight is 300 g/mol. The Morgan fingerprint density at radius 3 is 2.58 bits per heavy atom. The standard InChI is InChI=1S/C14H25N3S2/c1-12-9-13(2)17(15-12)6-4-5-16(3)14-10-18-7-8-19-11-14/h9,14H,4-8,10-11H2,1-3H3. The molecule has 0 unspecified atom stereocenters. The van der Waals surface area contributed by atoms with Crippen LogP contribution in [0.15, 0.2) is 6.07 Å². The largest absolute Gasteiger partial charge is 0.302 e. The summed E-state index contributed by atoms with van der Waals surface area (Å²) >= 11 is 4.22. The molecule has 0 aliphatic carbocycles. The van der Waals surface area contributed by atoms with Crippen molar-refractivity contribution in [3.63, 3.8) is 0 Å². The van der Waals surface area contributed by atoms with Crippen molar-refractivity contribution in [1.29, 1.82) is 0 Å². The van der Waals surface area contributed by atoms with Gasteiger partial charge in [-0.2, -0.15) is 28.6 Å². The molecule has 1 aromatic rings. The van der Waals surface area contributed by atoms with Gasteiger partial charge in [0.2, 0.25) is 0 Å². The summed E-state index contributed by atoms with van der Waals surface area (Å²) in [5.74, 6) is 5.23. The zero-order valence-corrected chi connectivity index (χ0v) is 13.9. The van der Waals surface area contributed by atoms with E-state index in [1.165, 1.54) is 41.7 Å². The minimum absolute atomic E-state index is 0.748. The fraction of sp³-hybridized carbons (Fsp3) is 0.786. The second-order valence-corrected chi connectivity index (χ2v) is 7.59. The highest BCUT2D eigenvalue weighted by Crippen LogP contribution is 2.19. The quantitative estimate of drug-likeness (QED) is 0.833. The molecule has 19 heavy (non-hydrogen) atoms. The van der Waals surface area contributed by atoms with Gasteiger partial charge in [-0.1, -0.05) is 0 Å². The van der Waals surface area contributed by atoms with Crippen molar-refractivity contribution in [2.45, 2.75) is 32.9 Å². The van der Waals surface area contributed by atoms with Crippen molar-refractivity contribution in [1.82, 2.24) is 14.7 Å². The van der Waals surface area contributed by atoms with Crippen LogP contribution in [0.4, 0.5) is 0 Å². The first-order valence-corrected chi connectivity index (χ1v) is 9.34. The number of thioether (sulfide) groups is 2. The van der Waals surface area contributed by atoms with Crippen molar-refractivity contribution in [2.75, 3.05) is 36.6 Å². The smallest absolute Gasteiger partial charge is 0.0596 e. The SMILES string of the molecule is Cc1cc(C)n(CCCN(C)C2CSCCSC2)n1. The van der Waals surface area contributed by atoms with E-state index in [9.17, 15) is 0 Å². The van der Waals surface area contributed by atoms with Crippen LogP contribution in [0.5, 0.6) is 0 Å². The van der Waals surface area contributed by atoms with Gasteiger partial charge in [-0.05, 0) is 39.9 Å². The zero-order valence-electron chi connectivity index (χ0n) is 12.3. The van der Waals surface area contributed by atoms with Crippen molar-refractivity contribution in [2.24, 2.45) is 0 Å². The van der Waals surface area contributed by atoms with Gasteiger partial charge in [0.05, 0.1) is 5.69 Å². The maximum absolute atomic E-state index is 4.52. The third-order valence-corrected chi connectivity index (χ3v) is 6.08. The normalized spacial score (nSPS) is 17.9. The van der Waals surface area contributed by atoms with Gasteiger partial charge < -0.3 is 4.90 Å². The molecule has 0 N–H and O–H groups in total. The van der Waals surface area contributed by atoms with E-state index >= 15 is 0 Å². The van der Waals surface area contributed by atoms with E-state index in [1.54, 1.807) is 0 Å². The van der Waals surface area contributed by atoms with E-state index in [4.69, 9.17) is 0 Å². The number of aromatic nitrogens is 2. The Hall–Kier alpha value is -0.130. The molecule has 0 saturated carbocycles. The maximum Gasteiger partial charge on any atom is 0.0596 e. The van der Waals surface area contributed by atoms with Crippen molar-refractivity contribution < 1.29 is 0 Å². The van der Waals surface area contributed by atoms with Crippen molar-refractivity contribution >= 4 is 23.5 Å². The van der Waals surface area contributed by atoms with Gasteiger partial charge in [0.25, 0.3) is 0 Å². The van der Waals surface area contributed by atoms with Gasteiger partial charge in [-0.15, -0.1) is 0 Å². The highest BCUT2D eigenvalue weighted by atomic mass is 32.2. The highest BCUT2D eigenvalue weighted by molar-refractivity contribution is 8.03. The third kappa shape index (κ3) is 4.72. The summed E-state index contributed by atoms with van der Waals surface area (Å²) in [7, 11) is 2.28. The van der Waals surface area contributed by atoms with Gasteiger partial charge in [0.15, 0.2) is 0 Å². The highest BCUT2D eigenvalue weighted by Gasteiger charge is 2.17. The van der Waals surface area contributed by atoms with Gasteiger partial charge in [0, 0.05) is 41.3 Å². The molecule has 0 radical (unpaired) electrons. The number of nitrogens with zero attached hydrogens (tertiary/aromatic N) is 3. The van der Waals surface area contributed by atoms with Crippen LogP contribution in [0.25, 0.3) is 0 Å². The molecule has 0 atom stereocenters. The average Bonchev–Trinajstić information content (AvgIpc) is 2.60. The van der Waals surface area contributed by atoms with E-state index in [1.807, 2.05) is 0 Å². The molecule has 0 bridgehead atoms. The van der Waals surface area contributed by atoms with E-state index in [2.05, 4.69) is 65.2 Å². The first kappa shape index (κ1) is 15.3. The van der Waals surface area contributed by atoms with Crippen LogP contribution in [0, 0.1) is 13.8 Å². The Labute approximate surface area is 125 Å². The molecule has 1 fully saturated rings. The summed E-state index contributed by atoms with van der Waals surface area (Å²) in [6.45, 7) is 6.42. The molecule has 0 spiro atoms. The lowest BCUT2D eigenvalue weighted by molar-refractivity contribution is 0.270. The first-order chi connectivity index (χ1) is 9.16.